The molecule has 8 nitrogen and oxygen atoms in total. The van der Waals surface area contributed by atoms with Crippen LogP contribution in [0.5, 0.6) is 11.5 Å². The van der Waals surface area contributed by atoms with Crippen LogP contribution in [0.25, 0.3) is 0 Å². The molecule has 3 rings (SSSR count). The van der Waals surface area contributed by atoms with Crippen LogP contribution in [-0.4, -0.2) is 54.0 Å². The summed E-state index contributed by atoms with van der Waals surface area (Å²) >= 11 is 0. The Kier molecular flexibility index (Phi) is 10.5. The Bertz CT molecular complexity index is 995. The van der Waals surface area contributed by atoms with Crippen LogP contribution in [0.2, 0.25) is 0 Å². The zero-order valence-corrected chi connectivity index (χ0v) is 22.5. The number of benzene rings is 1. The van der Waals surface area contributed by atoms with Crippen molar-refractivity contribution in [3.8, 4) is 23.3 Å². The lowest BCUT2D eigenvalue weighted by Crippen LogP contribution is -2.41. The van der Waals surface area contributed by atoms with Gasteiger partial charge in [-0.3, -0.25) is 9.79 Å². The van der Waals surface area contributed by atoms with Gasteiger partial charge in [-0.2, -0.15) is 0 Å². The van der Waals surface area contributed by atoms with Crippen LogP contribution in [0, 0.1) is 23.2 Å². The van der Waals surface area contributed by atoms with Crippen molar-refractivity contribution in [2.24, 2.45) is 22.1 Å². The van der Waals surface area contributed by atoms with Crippen molar-refractivity contribution < 1.29 is 24.5 Å². The number of phenols is 1. The Morgan fingerprint density at radius 2 is 2.05 bits per heavy atom. The lowest BCUT2D eigenvalue weighted by atomic mass is 9.77. The topological polar surface area (TPSA) is 126 Å². The highest BCUT2D eigenvalue weighted by molar-refractivity contribution is 5.77. The lowest BCUT2D eigenvalue weighted by molar-refractivity contribution is -0.151. The van der Waals surface area contributed by atoms with Gasteiger partial charge in [0.2, 0.25) is 0 Å². The molecule has 0 amide bonds. The van der Waals surface area contributed by atoms with Crippen molar-refractivity contribution >= 4 is 11.9 Å². The molecule has 0 unspecified atom stereocenters. The molecule has 8 heteroatoms. The third-order valence-corrected chi connectivity index (χ3v) is 7.66. The molecular weight excluding hydrogens is 470 g/mol. The summed E-state index contributed by atoms with van der Waals surface area (Å²) in [6.45, 7) is 4.04. The number of ether oxygens (including phenoxy) is 2. The van der Waals surface area contributed by atoms with E-state index >= 15 is 0 Å². The highest BCUT2D eigenvalue weighted by Gasteiger charge is 2.32. The summed E-state index contributed by atoms with van der Waals surface area (Å²) in [6, 6.07) is 5.42. The Hall–Kier alpha value is -2.92. The van der Waals surface area contributed by atoms with Gasteiger partial charge in [0, 0.05) is 44.7 Å². The largest absolute Gasteiger partial charge is 0.504 e. The fourth-order valence-corrected chi connectivity index (χ4v) is 5.28. The second-order valence-corrected chi connectivity index (χ2v) is 10.5. The van der Waals surface area contributed by atoms with E-state index < -0.39 is 12.2 Å². The minimum atomic E-state index is -0.629. The van der Waals surface area contributed by atoms with Gasteiger partial charge >= 0.3 is 5.97 Å². The molecular formula is C29H43N3O5. The number of rotatable bonds is 8. The van der Waals surface area contributed by atoms with Crippen molar-refractivity contribution in [2.75, 3.05) is 13.6 Å². The van der Waals surface area contributed by atoms with Gasteiger partial charge in [0.25, 0.3) is 0 Å². The van der Waals surface area contributed by atoms with Gasteiger partial charge in [-0.15, -0.1) is 5.92 Å². The van der Waals surface area contributed by atoms with E-state index in [1.165, 1.54) is 6.92 Å². The Morgan fingerprint density at radius 1 is 1.30 bits per heavy atom. The second kappa shape index (κ2) is 13.6. The molecule has 0 spiro atoms. The molecule has 1 fully saturated rings. The summed E-state index contributed by atoms with van der Waals surface area (Å²) in [7, 11) is 1.64. The molecule has 1 aromatic rings. The normalized spacial score (nSPS) is 27.1. The number of hydrogen-bond acceptors (Lipinski definition) is 6. The Labute approximate surface area is 221 Å². The van der Waals surface area contributed by atoms with E-state index in [0.29, 0.717) is 50.4 Å². The van der Waals surface area contributed by atoms with E-state index in [9.17, 15) is 15.0 Å². The number of hydrogen-bond donors (Lipinski definition) is 4. The van der Waals surface area contributed by atoms with Crippen LogP contribution in [0.3, 0.4) is 0 Å². The van der Waals surface area contributed by atoms with Gasteiger partial charge in [0.05, 0.1) is 12.2 Å². The van der Waals surface area contributed by atoms with Crippen LogP contribution in [-0.2, 0) is 16.0 Å². The van der Waals surface area contributed by atoms with Crippen molar-refractivity contribution in [3.05, 3.63) is 23.8 Å². The van der Waals surface area contributed by atoms with Crippen molar-refractivity contribution in [1.82, 2.24) is 5.32 Å². The smallest absolute Gasteiger partial charge is 0.302 e. The number of nitrogens with two attached hydrogens (primary N) is 1. The maximum absolute atomic E-state index is 12.0. The maximum atomic E-state index is 12.0. The standard InChI is InChI=1S/C29H43N3O5/c1-4-29(19-32-28(30)31-3)14-7-8-22(26(36-20(2)33)18-23(34)13-15-29)16-21-11-12-25(35)27(17-21)37-24-9-5-6-10-24/h11-12,17,22-24,26,34-35H,4-6,8-10,13,15-16,18-19H2,1-3H3,(H3,30,31,32)/t22-,23-,26-,29-/m0/s1. The first kappa shape index (κ1) is 28.6. The zero-order chi connectivity index (χ0) is 26.8. The van der Waals surface area contributed by atoms with Crippen LogP contribution in [0.4, 0.5) is 0 Å². The van der Waals surface area contributed by atoms with Crippen molar-refractivity contribution in [1.29, 1.82) is 0 Å². The second-order valence-electron chi connectivity index (χ2n) is 10.5. The van der Waals surface area contributed by atoms with E-state index in [0.717, 1.165) is 37.7 Å². The lowest BCUT2D eigenvalue weighted by Gasteiger charge is -2.32. The molecule has 2 aliphatic rings. The molecule has 0 radical (unpaired) electrons. The summed E-state index contributed by atoms with van der Waals surface area (Å²) in [5, 5.41) is 24.5. The summed E-state index contributed by atoms with van der Waals surface area (Å²) in [5.41, 5.74) is 6.49. The number of phenolic OH excluding ortho intramolecular Hbond substituents is 1. The molecule has 1 aromatic carbocycles. The number of guanidine groups is 1. The minimum absolute atomic E-state index is 0.127. The van der Waals surface area contributed by atoms with E-state index in [1.54, 1.807) is 13.1 Å². The fourth-order valence-electron chi connectivity index (χ4n) is 5.28. The van der Waals surface area contributed by atoms with Gasteiger partial charge in [-0.05, 0) is 69.1 Å². The first-order valence-electron chi connectivity index (χ1n) is 13.5. The SMILES string of the molecule is CC[C@]1(CNC(N)=NC)C#CC[C@@H](Cc2ccc(O)c(OC3CCCC3)c2)[C@@H](OC(C)=O)C[C@@H](O)CC1. The number of aliphatic hydroxyl groups is 1. The summed E-state index contributed by atoms with van der Waals surface area (Å²) < 4.78 is 11.8. The molecule has 0 aliphatic heterocycles. The number of aliphatic hydroxyl groups excluding tert-OH is 1. The molecule has 4 atom stereocenters. The molecule has 0 saturated heterocycles. The predicted octanol–water partition coefficient (Wildman–Crippen LogP) is 3.67. The molecule has 2 aliphatic carbocycles. The number of esters is 1. The van der Waals surface area contributed by atoms with Crippen molar-refractivity contribution in [2.45, 2.75) is 96.4 Å². The highest BCUT2D eigenvalue weighted by Crippen LogP contribution is 2.35. The van der Waals surface area contributed by atoms with E-state index in [1.807, 2.05) is 12.1 Å². The fraction of sp³-hybridized carbons (Fsp3) is 0.655. The highest BCUT2D eigenvalue weighted by atomic mass is 16.5. The molecule has 5 N–H and O–H groups in total. The van der Waals surface area contributed by atoms with Gasteiger partial charge in [0.1, 0.15) is 6.10 Å². The zero-order valence-electron chi connectivity index (χ0n) is 22.5. The number of aliphatic imine (C=N–C) groups is 1. The average Bonchev–Trinajstić information content (AvgIpc) is 3.38. The summed E-state index contributed by atoms with van der Waals surface area (Å²) in [6.07, 6.45) is 6.78. The van der Waals surface area contributed by atoms with E-state index in [-0.39, 0.29) is 29.2 Å². The van der Waals surface area contributed by atoms with E-state index in [4.69, 9.17) is 15.2 Å². The third kappa shape index (κ3) is 8.57. The number of carbonyl (C=O) groups excluding carboxylic acids is 1. The molecule has 204 valence electrons. The van der Waals surface area contributed by atoms with Crippen LogP contribution in [0.1, 0.15) is 77.2 Å². The maximum Gasteiger partial charge on any atom is 0.302 e. The molecule has 37 heavy (non-hydrogen) atoms. The predicted molar refractivity (Wildman–Crippen MR) is 144 cm³/mol. The third-order valence-electron chi connectivity index (χ3n) is 7.66. The minimum Gasteiger partial charge on any atom is -0.504 e. The average molecular weight is 514 g/mol. The quantitative estimate of drug-likeness (QED) is 0.181. The van der Waals surface area contributed by atoms with Crippen molar-refractivity contribution in [3.63, 3.8) is 0 Å². The first-order valence-corrected chi connectivity index (χ1v) is 13.5. The first-order chi connectivity index (χ1) is 17.7. The van der Waals surface area contributed by atoms with Gasteiger partial charge in [-0.25, -0.2) is 0 Å². The summed E-state index contributed by atoms with van der Waals surface area (Å²) in [5.74, 6) is 7.34. The Balaban J connectivity index is 1.86. The number of nitrogens with one attached hydrogen (secondary N) is 1. The van der Waals surface area contributed by atoms with Crippen LogP contribution >= 0.6 is 0 Å². The molecule has 0 bridgehead atoms. The number of aromatic hydroxyl groups is 1. The van der Waals surface area contributed by atoms with Crippen LogP contribution < -0.4 is 15.8 Å². The van der Waals surface area contributed by atoms with Gasteiger partial charge in [0.15, 0.2) is 17.5 Å². The molecule has 1 saturated carbocycles. The number of nitrogens with zero attached hydrogens (tertiary/aromatic N) is 1. The summed E-state index contributed by atoms with van der Waals surface area (Å²) in [4.78, 5) is 15.9. The number of carbonyl (C=O) groups is 1. The van der Waals surface area contributed by atoms with Gasteiger partial charge in [-0.1, -0.05) is 18.9 Å². The van der Waals surface area contributed by atoms with Gasteiger partial charge < -0.3 is 30.7 Å². The van der Waals surface area contributed by atoms with Crippen LogP contribution in [0.15, 0.2) is 23.2 Å². The van der Waals surface area contributed by atoms with E-state index in [2.05, 4.69) is 29.1 Å². The molecule has 0 aromatic heterocycles. The molecule has 0 heterocycles. The Morgan fingerprint density at radius 3 is 2.73 bits per heavy atom. The monoisotopic (exact) mass is 513 g/mol.